The Morgan fingerprint density at radius 2 is 1.90 bits per heavy atom. The molecule has 0 aliphatic carbocycles. The lowest BCUT2D eigenvalue weighted by molar-refractivity contribution is -0.120. The van der Waals surface area contributed by atoms with Gasteiger partial charge in [-0.05, 0) is 61.3 Å². The third kappa shape index (κ3) is 6.09. The molecule has 0 spiro atoms. The third-order valence-electron chi connectivity index (χ3n) is 5.78. The number of nitrogens with one attached hydrogen (secondary N) is 1. The number of ether oxygens (including phenoxy) is 1. The number of benzene rings is 3. The van der Waals surface area contributed by atoms with Crippen LogP contribution in [0.3, 0.4) is 0 Å². The molecule has 5 rings (SSSR count). The Hall–Kier alpha value is -4.27. The average molecular weight is 577 g/mol. The number of fused-ring (bicyclic) bond motifs is 1. The molecule has 0 bridgehead atoms. The van der Waals surface area contributed by atoms with Gasteiger partial charge in [0.1, 0.15) is 0 Å². The summed E-state index contributed by atoms with van der Waals surface area (Å²) < 4.78 is 210. The second kappa shape index (κ2) is 12.1. The van der Waals surface area contributed by atoms with Crippen molar-refractivity contribution in [1.29, 1.82) is 0 Å². The fraction of sp³-hybridized carbons (Fsp3) is 0.303. The van der Waals surface area contributed by atoms with Crippen molar-refractivity contribution in [3.8, 4) is 0 Å². The van der Waals surface area contributed by atoms with Gasteiger partial charge in [-0.25, -0.2) is 4.79 Å². The summed E-state index contributed by atoms with van der Waals surface area (Å²) in [4.78, 5) is 39.9. The number of allylic oxidation sites excluding steroid dienone is 1. The first-order valence-electron chi connectivity index (χ1n) is 23.7. The number of carbonyl (C=O) groups excluding carboxylic acids is 3. The Morgan fingerprint density at radius 3 is 2.61 bits per heavy atom. The summed E-state index contributed by atoms with van der Waals surface area (Å²) in [5.74, 6) is -5.00. The van der Waals surface area contributed by atoms with Gasteiger partial charge >= 0.3 is 5.97 Å². The van der Waals surface area contributed by atoms with Crippen LogP contribution in [0.4, 0.5) is 11.4 Å². The highest BCUT2D eigenvalue weighted by Gasteiger charge is 2.29. The Labute approximate surface area is 274 Å². The van der Waals surface area contributed by atoms with Gasteiger partial charge in [-0.1, -0.05) is 48.3 Å². The predicted octanol–water partition coefficient (Wildman–Crippen LogP) is 4.18. The third-order valence-corrected chi connectivity index (χ3v) is 5.78. The first-order valence-corrected chi connectivity index (χ1v) is 11.7. The van der Waals surface area contributed by atoms with Crippen molar-refractivity contribution in [3.63, 3.8) is 0 Å². The number of nitrogens with zero attached hydrogens (tertiary/aromatic N) is 3. The minimum Gasteiger partial charge on any atom is -0.465 e. The van der Waals surface area contributed by atoms with Gasteiger partial charge in [0, 0.05) is 63.1 Å². The molecule has 1 saturated heterocycles. The molecule has 2 aliphatic rings. The second-order valence-corrected chi connectivity index (χ2v) is 8.37. The van der Waals surface area contributed by atoms with Crippen LogP contribution in [0.15, 0.2) is 72.5 Å². The number of rotatable bonds is 7. The van der Waals surface area contributed by atoms with Crippen LogP contribution in [0.25, 0.3) is 11.1 Å². The van der Waals surface area contributed by atoms with Gasteiger partial charge in [0.2, 0.25) is 5.91 Å². The van der Waals surface area contributed by atoms with Crippen LogP contribution in [0.5, 0.6) is 0 Å². The minimum atomic E-state index is -4.32. The average Bonchev–Trinajstić information content (AvgIpc) is 3.54. The molecule has 2 heterocycles. The van der Waals surface area contributed by atoms with E-state index in [4.69, 9.17) is 32.9 Å². The van der Waals surface area contributed by atoms with Crippen LogP contribution >= 0.6 is 0 Å². The molecule has 8 nitrogen and oxygen atoms in total. The van der Waals surface area contributed by atoms with Crippen molar-refractivity contribution in [2.24, 2.45) is 0 Å². The largest absolute Gasteiger partial charge is 0.465 e. The summed E-state index contributed by atoms with van der Waals surface area (Å²) in [5.41, 5.74) is -6.74. The van der Waals surface area contributed by atoms with Crippen molar-refractivity contribution in [2.45, 2.75) is 19.4 Å². The topological polar surface area (TPSA) is 82.2 Å². The molecule has 1 atom stereocenters. The monoisotopic (exact) mass is 576 g/mol. The Balaban J connectivity index is 1.85. The van der Waals surface area contributed by atoms with E-state index >= 15 is 0 Å². The first kappa shape index (κ1) is 11.2. The number of methoxy groups -OCH3 is 1. The molecule has 3 aromatic rings. The van der Waals surface area contributed by atoms with Gasteiger partial charge in [-0.15, -0.1) is 0 Å². The van der Waals surface area contributed by atoms with Crippen molar-refractivity contribution in [1.82, 2.24) is 9.80 Å². The molecular formula is C33H36N4O4. The highest BCUT2D eigenvalue weighted by molar-refractivity contribution is 6.37. The maximum absolute atomic E-state index is 14.3. The fourth-order valence-corrected chi connectivity index (χ4v) is 3.66. The van der Waals surface area contributed by atoms with Crippen LogP contribution in [-0.2, 0) is 20.7 Å². The maximum Gasteiger partial charge on any atom is 0.337 e. The van der Waals surface area contributed by atoms with Crippen molar-refractivity contribution < 1.29 is 52.0 Å². The number of likely N-dealkylation sites (N-methyl/N-ethyl adjacent to an activating group) is 2. The molecule has 1 unspecified atom stereocenters. The molecule has 212 valence electrons. The molecule has 0 saturated carbocycles. The standard InChI is InChI=1S/C33H36N4O4/c1-22-20-37(17-16-35(22)2)21-30(38)36(3)26-13-10-23(11-14-26)18-28(24-8-6-5-7-9-24)31-27-15-12-25(33(40)41-4)19-29(27)34-32(31)39/h5-15,19,22H,16-18,20-21H2,1-4H3,(H,34,39)/b31-28+/i3D3,5D,6D,7D,8D,9D,10D,11D,12D,13D,14D,15D,16D2,17D2,19D,20D2,21D2,22D. The summed E-state index contributed by atoms with van der Waals surface area (Å²) >= 11 is 0. The quantitative estimate of drug-likeness (QED) is 0.336. The molecule has 0 aromatic heterocycles. The molecule has 0 radical (unpaired) electrons. The molecule has 1 fully saturated rings. The van der Waals surface area contributed by atoms with Gasteiger partial charge in [-0.2, -0.15) is 0 Å². The lowest BCUT2D eigenvalue weighted by Crippen LogP contribution is -2.52. The number of carbonyl (C=O) groups is 3. The minimum absolute atomic E-state index is 0.281. The van der Waals surface area contributed by atoms with Crippen LogP contribution < -0.4 is 10.2 Å². The summed E-state index contributed by atoms with van der Waals surface area (Å²) in [6.07, 6.45) is -1.17. The predicted molar refractivity (Wildman–Crippen MR) is 162 cm³/mol. The van der Waals surface area contributed by atoms with E-state index in [1.165, 1.54) is 0 Å². The van der Waals surface area contributed by atoms with E-state index in [9.17, 15) is 14.4 Å². The highest BCUT2D eigenvalue weighted by Crippen LogP contribution is 2.39. The Kier molecular flexibility index (Phi) is 3.30. The normalized spacial score (nSPS) is 33.0. The van der Waals surface area contributed by atoms with Gasteiger partial charge in [0.15, 0.2) is 0 Å². The zero-order chi connectivity index (χ0) is 50.1. The summed E-state index contributed by atoms with van der Waals surface area (Å²) in [6.45, 7) is -18.7. The first-order chi connectivity index (χ1) is 29.3. The number of amides is 2. The maximum atomic E-state index is 14.3. The van der Waals surface area contributed by atoms with E-state index in [1.54, 1.807) is 0 Å². The van der Waals surface area contributed by atoms with E-state index in [0.717, 1.165) is 21.1 Å². The Bertz CT molecular complexity index is 2560. The summed E-state index contributed by atoms with van der Waals surface area (Å²) in [6, 6.07) is -16.1. The van der Waals surface area contributed by atoms with Crippen LogP contribution in [0, 0.1) is 0 Å². The summed E-state index contributed by atoms with van der Waals surface area (Å²) in [7, 11) is 1.72. The van der Waals surface area contributed by atoms with E-state index in [0.29, 0.717) is 0 Å². The molecule has 2 aliphatic heterocycles. The fourth-order valence-electron chi connectivity index (χ4n) is 3.66. The molecule has 3 aromatic carbocycles. The molecule has 8 heteroatoms. The van der Waals surface area contributed by atoms with Gasteiger partial charge < -0.3 is 19.9 Å². The number of hydrogen-bond acceptors (Lipinski definition) is 6. The zero-order valence-electron chi connectivity index (χ0n) is 45.7. The summed E-state index contributed by atoms with van der Waals surface area (Å²) in [5, 5.41) is 2.24. The van der Waals surface area contributed by atoms with E-state index in [1.807, 2.05) is 0 Å². The molecule has 41 heavy (non-hydrogen) atoms. The van der Waals surface area contributed by atoms with Crippen molar-refractivity contribution in [2.75, 3.05) is 57.3 Å². The molecular weight excluding hydrogens is 516 g/mol. The van der Waals surface area contributed by atoms with Gasteiger partial charge in [0.25, 0.3) is 5.91 Å². The smallest absolute Gasteiger partial charge is 0.337 e. The van der Waals surface area contributed by atoms with Gasteiger partial charge in [-0.3, -0.25) is 14.5 Å². The lowest BCUT2D eigenvalue weighted by Gasteiger charge is -2.37. The van der Waals surface area contributed by atoms with Crippen molar-refractivity contribution >= 4 is 40.3 Å². The number of esters is 1. The Morgan fingerprint density at radius 1 is 1.15 bits per heavy atom. The number of hydrogen-bond donors (Lipinski definition) is 1. The van der Waals surface area contributed by atoms with E-state index in [2.05, 4.69) is 10.1 Å². The molecule has 2 amide bonds. The van der Waals surface area contributed by atoms with Crippen molar-refractivity contribution in [3.05, 3.63) is 94.8 Å². The van der Waals surface area contributed by atoms with E-state index in [-0.39, 0.29) is 4.90 Å². The number of piperazine rings is 1. The SMILES string of the molecule is [2H]c1c([2H])c([2H])c(/C(Cc2c([2H])c([2H])c(N(C(=O)C([2H])([2H])N3C([2H])([2H])C([2H])([2H])N(C)C([2H])(C)C3([2H])[2H])C([2H])([2H])[2H])c([2H])c2[2H])=C2/C(=O)Nc3c([2H])c(C(=O)OC)c([2H])c([2H])c32)c([2H])c1[2H]. The van der Waals surface area contributed by atoms with Crippen LogP contribution in [0.2, 0.25) is 0 Å². The zero-order valence-corrected chi connectivity index (χ0v) is 21.7. The van der Waals surface area contributed by atoms with Crippen LogP contribution in [0.1, 0.15) is 66.9 Å². The highest BCUT2D eigenvalue weighted by atomic mass is 16.5. The van der Waals surface area contributed by atoms with Gasteiger partial charge in [0.05, 0.1) is 43.9 Å². The van der Waals surface area contributed by atoms with Crippen LogP contribution in [-0.4, -0.2) is 80.7 Å². The molecule has 1 N–H and O–H groups in total. The lowest BCUT2D eigenvalue weighted by atomic mass is 9.90. The van der Waals surface area contributed by atoms with E-state index < -0.39 is 190 Å². The number of anilines is 2. The second-order valence-electron chi connectivity index (χ2n) is 8.37.